The van der Waals surface area contributed by atoms with Gasteiger partial charge >= 0.3 is 0 Å². The lowest BCUT2D eigenvalue weighted by Gasteiger charge is -2.35. The van der Waals surface area contributed by atoms with E-state index >= 15 is 0 Å². The summed E-state index contributed by atoms with van der Waals surface area (Å²) in [5.74, 6) is 1.70. The Balaban J connectivity index is 1.45. The lowest BCUT2D eigenvalue weighted by Crippen LogP contribution is -2.49. The molecule has 0 saturated carbocycles. The molecule has 3 heterocycles. The predicted octanol–water partition coefficient (Wildman–Crippen LogP) is 3.00. The number of aryl methyl sites for hydroxylation is 1. The summed E-state index contributed by atoms with van der Waals surface area (Å²) in [6.07, 6.45) is 1.53. The summed E-state index contributed by atoms with van der Waals surface area (Å²) in [4.78, 5) is 19.4. The molecule has 0 radical (unpaired) electrons. The van der Waals surface area contributed by atoms with Gasteiger partial charge in [-0.2, -0.15) is 0 Å². The van der Waals surface area contributed by atoms with E-state index in [9.17, 15) is 4.79 Å². The molecule has 5 nitrogen and oxygen atoms in total. The highest BCUT2D eigenvalue weighted by molar-refractivity contribution is 7.09. The maximum atomic E-state index is 12.8. The van der Waals surface area contributed by atoms with E-state index in [1.165, 1.54) is 0 Å². The fourth-order valence-electron chi connectivity index (χ4n) is 3.28. The van der Waals surface area contributed by atoms with Gasteiger partial charge in [-0.3, -0.25) is 4.79 Å². The largest absolute Gasteiger partial charge is 0.485 e. The van der Waals surface area contributed by atoms with Gasteiger partial charge in [-0.05, 0) is 31.9 Å². The SMILES string of the molecule is Cc1csc([C@H]2CCCN(C(=O)[C@H]3COc4ccccc4O3)C2)n1. The van der Waals surface area contributed by atoms with E-state index in [4.69, 9.17) is 9.47 Å². The zero-order valence-corrected chi connectivity index (χ0v) is 14.4. The van der Waals surface area contributed by atoms with E-state index in [0.717, 1.165) is 30.1 Å². The second-order valence-corrected chi connectivity index (χ2v) is 7.20. The predicted molar refractivity (Wildman–Crippen MR) is 91.8 cm³/mol. The molecule has 2 atom stereocenters. The highest BCUT2D eigenvalue weighted by Crippen LogP contribution is 2.33. The van der Waals surface area contributed by atoms with Gasteiger partial charge in [-0.15, -0.1) is 11.3 Å². The molecule has 2 aliphatic rings. The molecule has 126 valence electrons. The van der Waals surface area contributed by atoms with Crippen LogP contribution in [0, 0.1) is 6.92 Å². The van der Waals surface area contributed by atoms with Crippen molar-refractivity contribution in [3.63, 3.8) is 0 Å². The number of hydrogen-bond acceptors (Lipinski definition) is 5. The van der Waals surface area contributed by atoms with Crippen LogP contribution >= 0.6 is 11.3 Å². The lowest BCUT2D eigenvalue weighted by molar-refractivity contribution is -0.142. The summed E-state index contributed by atoms with van der Waals surface area (Å²) in [6.45, 7) is 3.78. The van der Waals surface area contributed by atoms with Crippen LogP contribution in [0.25, 0.3) is 0 Å². The van der Waals surface area contributed by atoms with Gasteiger partial charge in [0.25, 0.3) is 5.91 Å². The van der Waals surface area contributed by atoms with Gasteiger partial charge in [0, 0.05) is 30.1 Å². The van der Waals surface area contributed by atoms with Crippen LogP contribution in [0.4, 0.5) is 0 Å². The number of carbonyl (C=O) groups excluding carboxylic acids is 1. The molecule has 1 saturated heterocycles. The molecule has 2 aromatic rings. The monoisotopic (exact) mass is 344 g/mol. The molecule has 1 amide bonds. The number of benzene rings is 1. The van der Waals surface area contributed by atoms with Gasteiger partial charge in [-0.25, -0.2) is 4.98 Å². The number of likely N-dealkylation sites (tertiary alicyclic amines) is 1. The van der Waals surface area contributed by atoms with Gasteiger partial charge in [0.2, 0.25) is 6.10 Å². The standard InChI is InChI=1S/C18H20N2O3S/c1-12-11-24-17(19-12)13-5-4-8-20(9-13)18(21)16-10-22-14-6-2-3-7-15(14)23-16/h2-3,6-7,11,13,16H,4-5,8-10H2,1H3/t13-,16+/m0/s1. The van der Waals surface area contributed by atoms with Gasteiger partial charge in [0.1, 0.15) is 6.61 Å². The van der Waals surface area contributed by atoms with Crippen LogP contribution in [0.15, 0.2) is 29.6 Å². The third-order valence-corrected chi connectivity index (χ3v) is 5.63. The van der Waals surface area contributed by atoms with E-state index in [2.05, 4.69) is 10.4 Å². The van der Waals surface area contributed by atoms with Gasteiger partial charge in [0.05, 0.1) is 5.01 Å². The van der Waals surface area contributed by atoms with Crippen LogP contribution in [-0.4, -0.2) is 41.6 Å². The topological polar surface area (TPSA) is 51.7 Å². The molecular weight excluding hydrogens is 324 g/mol. The fourth-order valence-corrected chi connectivity index (χ4v) is 4.21. The minimum absolute atomic E-state index is 0.0162. The summed E-state index contributed by atoms with van der Waals surface area (Å²) in [7, 11) is 0. The summed E-state index contributed by atoms with van der Waals surface area (Å²) in [6, 6.07) is 7.48. The lowest BCUT2D eigenvalue weighted by atomic mass is 9.98. The van der Waals surface area contributed by atoms with Crippen molar-refractivity contribution in [2.24, 2.45) is 0 Å². The van der Waals surface area contributed by atoms with E-state index in [-0.39, 0.29) is 12.5 Å². The summed E-state index contributed by atoms with van der Waals surface area (Å²) in [5, 5.41) is 3.21. The highest BCUT2D eigenvalue weighted by Gasteiger charge is 2.34. The van der Waals surface area contributed by atoms with Crippen molar-refractivity contribution in [1.29, 1.82) is 0 Å². The zero-order chi connectivity index (χ0) is 16.5. The number of aromatic nitrogens is 1. The summed E-state index contributed by atoms with van der Waals surface area (Å²) < 4.78 is 11.5. The number of rotatable bonds is 2. The second-order valence-electron chi connectivity index (χ2n) is 6.31. The second kappa shape index (κ2) is 6.43. The number of piperidine rings is 1. The minimum Gasteiger partial charge on any atom is -0.485 e. The van der Waals surface area contributed by atoms with Crippen molar-refractivity contribution in [2.75, 3.05) is 19.7 Å². The van der Waals surface area contributed by atoms with E-state index < -0.39 is 6.10 Å². The molecule has 0 spiro atoms. The maximum Gasteiger partial charge on any atom is 0.267 e. The Morgan fingerprint density at radius 2 is 2.17 bits per heavy atom. The Hall–Kier alpha value is -2.08. The molecule has 0 bridgehead atoms. The number of carbonyl (C=O) groups is 1. The van der Waals surface area contributed by atoms with Crippen molar-refractivity contribution in [2.45, 2.75) is 31.8 Å². The molecule has 24 heavy (non-hydrogen) atoms. The molecule has 0 unspecified atom stereocenters. The van der Waals surface area contributed by atoms with E-state index in [1.54, 1.807) is 11.3 Å². The normalized spacial score (nSPS) is 23.1. The quantitative estimate of drug-likeness (QED) is 0.840. The van der Waals surface area contributed by atoms with Crippen LogP contribution in [0.1, 0.15) is 29.5 Å². The van der Waals surface area contributed by atoms with E-state index in [1.807, 2.05) is 36.1 Å². The molecule has 6 heteroatoms. The minimum atomic E-state index is -0.559. The number of amides is 1. The Kier molecular flexibility index (Phi) is 4.14. The highest BCUT2D eigenvalue weighted by atomic mass is 32.1. The van der Waals surface area contributed by atoms with Gasteiger partial charge < -0.3 is 14.4 Å². The number of nitrogens with zero attached hydrogens (tertiary/aromatic N) is 2. The Morgan fingerprint density at radius 3 is 2.96 bits per heavy atom. The van der Waals surface area contributed by atoms with Crippen LogP contribution in [0.5, 0.6) is 11.5 Å². The van der Waals surface area contributed by atoms with E-state index in [0.29, 0.717) is 24.0 Å². The van der Waals surface area contributed by atoms with Gasteiger partial charge in [0.15, 0.2) is 11.5 Å². The average Bonchev–Trinajstić information content (AvgIpc) is 3.07. The van der Waals surface area contributed by atoms with Gasteiger partial charge in [-0.1, -0.05) is 12.1 Å². The fraction of sp³-hybridized carbons (Fsp3) is 0.444. The molecule has 4 rings (SSSR count). The first-order chi connectivity index (χ1) is 11.7. The number of para-hydroxylation sites is 2. The molecule has 0 N–H and O–H groups in total. The summed E-state index contributed by atoms with van der Waals surface area (Å²) in [5.41, 5.74) is 1.05. The van der Waals surface area contributed by atoms with Crippen LogP contribution < -0.4 is 9.47 Å². The molecule has 1 fully saturated rings. The first-order valence-corrected chi connectivity index (χ1v) is 9.18. The number of hydrogen-bond donors (Lipinski definition) is 0. The number of ether oxygens (including phenoxy) is 2. The van der Waals surface area contributed by atoms with Crippen LogP contribution in [0.2, 0.25) is 0 Å². The maximum absolute atomic E-state index is 12.8. The first kappa shape index (κ1) is 15.4. The molecule has 1 aromatic carbocycles. The number of fused-ring (bicyclic) bond motifs is 1. The van der Waals surface area contributed by atoms with Crippen molar-refractivity contribution in [1.82, 2.24) is 9.88 Å². The zero-order valence-electron chi connectivity index (χ0n) is 13.6. The third-order valence-electron chi connectivity index (χ3n) is 4.50. The number of thiazole rings is 1. The smallest absolute Gasteiger partial charge is 0.267 e. The third kappa shape index (κ3) is 2.98. The van der Waals surface area contributed by atoms with Crippen molar-refractivity contribution < 1.29 is 14.3 Å². The Morgan fingerprint density at radius 1 is 1.33 bits per heavy atom. The first-order valence-electron chi connectivity index (χ1n) is 8.30. The van der Waals surface area contributed by atoms with Crippen molar-refractivity contribution in [3.05, 3.63) is 40.3 Å². The molecule has 2 aliphatic heterocycles. The van der Waals surface area contributed by atoms with Crippen molar-refractivity contribution >= 4 is 17.2 Å². The average molecular weight is 344 g/mol. The Labute approximate surface area is 145 Å². The van der Waals surface area contributed by atoms with Crippen molar-refractivity contribution in [3.8, 4) is 11.5 Å². The van der Waals surface area contributed by atoms with Crippen LogP contribution in [0.3, 0.4) is 0 Å². The molecular formula is C18H20N2O3S. The molecule has 0 aliphatic carbocycles. The Bertz CT molecular complexity index is 745. The summed E-state index contributed by atoms with van der Waals surface area (Å²) >= 11 is 1.69. The molecule has 1 aromatic heterocycles. The van der Waals surface area contributed by atoms with Crippen LogP contribution in [-0.2, 0) is 4.79 Å².